The highest BCUT2D eigenvalue weighted by Gasteiger charge is 2.21. The van der Waals surface area contributed by atoms with Crippen LogP contribution in [0.4, 0.5) is 5.69 Å². The lowest BCUT2D eigenvalue weighted by Crippen LogP contribution is -2.14. The molecule has 9 nitrogen and oxygen atoms in total. The number of aryl methyl sites for hydroxylation is 4. The number of imidazole rings is 1. The second kappa shape index (κ2) is 7.33. The van der Waals surface area contributed by atoms with E-state index in [9.17, 15) is 4.79 Å². The predicted octanol–water partition coefficient (Wildman–Crippen LogP) is 3.00. The van der Waals surface area contributed by atoms with Gasteiger partial charge in [-0.1, -0.05) is 12.5 Å². The smallest absolute Gasteiger partial charge is 0.258 e. The second-order valence-electron chi connectivity index (χ2n) is 7.62. The number of tetrazole rings is 1. The Balaban J connectivity index is 1.51. The summed E-state index contributed by atoms with van der Waals surface area (Å²) in [5, 5.41) is 14.6. The highest BCUT2D eigenvalue weighted by Crippen LogP contribution is 2.25. The zero-order valence-corrected chi connectivity index (χ0v) is 17.0. The van der Waals surface area contributed by atoms with E-state index < -0.39 is 0 Å². The number of pyridine rings is 1. The number of rotatable bonds is 3. The van der Waals surface area contributed by atoms with Crippen LogP contribution >= 0.6 is 0 Å². The molecule has 4 heterocycles. The molecule has 0 aliphatic carbocycles. The standard InChI is InChI=1S/C21H22N8O/c1-13-11-17(19-20(22-13)28-10-5-3-4-9-18(28)24-19)21(30)23-15-7-6-8-16(12-15)29-14(2)25-26-27-29/h6-8,11-12H,3-5,9-10H2,1-2H3,(H,23,30). The van der Waals surface area contributed by atoms with Crippen molar-refractivity contribution in [3.05, 3.63) is 53.2 Å². The minimum atomic E-state index is -0.204. The van der Waals surface area contributed by atoms with E-state index in [4.69, 9.17) is 9.97 Å². The largest absolute Gasteiger partial charge is 0.322 e. The van der Waals surface area contributed by atoms with Gasteiger partial charge in [0.15, 0.2) is 11.5 Å². The van der Waals surface area contributed by atoms with E-state index in [2.05, 4.69) is 25.4 Å². The first-order valence-corrected chi connectivity index (χ1v) is 10.1. The zero-order chi connectivity index (χ0) is 20.7. The Hall–Kier alpha value is -3.62. The average Bonchev–Trinajstić information content (AvgIpc) is 3.22. The normalized spacial score (nSPS) is 13.8. The highest BCUT2D eigenvalue weighted by molar-refractivity contribution is 6.11. The molecule has 1 amide bonds. The number of nitrogens with one attached hydrogen (secondary N) is 1. The van der Waals surface area contributed by atoms with E-state index in [0.717, 1.165) is 48.7 Å². The Morgan fingerprint density at radius 3 is 2.83 bits per heavy atom. The zero-order valence-electron chi connectivity index (χ0n) is 17.0. The van der Waals surface area contributed by atoms with Crippen LogP contribution in [0.1, 0.15) is 47.0 Å². The van der Waals surface area contributed by atoms with E-state index in [1.165, 1.54) is 6.42 Å². The third-order valence-electron chi connectivity index (χ3n) is 5.41. The summed E-state index contributed by atoms with van der Waals surface area (Å²) in [5.41, 5.74) is 4.26. The summed E-state index contributed by atoms with van der Waals surface area (Å²) >= 11 is 0. The van der Waals surface area contributed by atoms with Crippen LogP contribution < -0.4 is 5.32 Å². The number of amides is 1. The fraction of sp³-hybridized carbons (Fsp3) is 0.333. The molecule has 0 spiro atoms. The van der Waals surface area contributed by atoms with E-state index in [-0.39, 0.29) is 5.91 Å². The third kappa shape index (κ3) is 3.22. The first-order valence-electron chi connectivity index (χ1n) is 10.1. The molecule has 30 heavy (non-hydrogen) atoms. The SMILES string of the molecule is Cc1cc(C(=O)Nc2cccc(-n3nnnc3C)c2)c2nc3n(c2n1)CCCCC3. The molecule has 1 aromatic carbocycles. The van der Waals surface area contributed by atoms with Crippen molar-refractivity contribution in [3.8, 4) is 5.69 Å². The van der Waals surface area contributed by atoms with Crippen LogP contribution in [0.3, 0.4) is 0 Å². The molecule has 3 aromatic heterocycles. The Morgan fingerprint density at radius 1 is 1.10 bits per heavy atom. The van der Waals surface area contributed by atoms with Gasteiger partial charge in [-0.25, -0.2) is 9.97 Å². The van der Waals surface area contributed by atoms with Gasteiger partial charge in [0.2, 0.25) is 0 Å². The summed E-state index contributed by atoms with van der Waals surface area (Å²) in [6.07, 6.45) is 4.34. The van der Waals surface area contributed by atoms with E-state index in [1.807, 2.05) is 38.1 Å². The van der Waals surface area contributed by atoms with Crippen LogP contribution in [0.25, 0.3) is 16.9 Å². The lowest BCUT2D eigenvalue weighted by molar-refractivity contribution is 0.102. The highest BCUT2D eigenvalue weighted by atomic mass is 16.1. The fourth-order valence-electron chi connectivity index (χ4n) is 3.97. The van der Waals surface area contributed by atoms with Crippen LogP contribution in [0.2, 0.25) is 0 Å². The molecule has 5 rings (SSSR count). The quantitative estimate of drug-likeness (QED) is 0.565. The molecule has 1 N–H and O–H groups in total. The Labute approximate surface area is 173 Å². The van der Waals surface area contributed by atoms with Gasteiger partial charge in [0, 0.05) is 24.3 Å². The number of hydrogen-bond donors (Lipinski definition) is 1. The number of fused-ring (bicyclic) bond motifs is 3. The van der Waals surface area contributed by atoms with Crippen molar-refractivity contribution in [3.63, 3.8) is 0 Å². The number of nitrogens with zero attached hydrogens (tertiary/aromatic N) is 7. The maximum atomic E-state index is 13.2. The molecule has 1 aliphatic heterocycles. The molecule has 0 saturated carbocycles. The fourth-order valence-corrected chi connectivity index (χ4v) is 3.97. The molecule has 0 unspecified atom stereocenters. The number of aromatic nitrogens is 7. The van der Waals surface area contributed by atoms with Crippen molar-refractivity contribution >= 4 is 22.8 Å². The van der Waals surface area contributed by atoms with Crippen LogP contribution in [0.5, 0.6) is 0 Å². The molecule has 0 saturated heterocycles. The van der Waals surface area contributed by atoms with Gasteiger partial charge in [0.1, 0.15) is 11.3 Å². The molecule has 0 radical (unpaired) electrons. The third-order valence-corrected chi connectivity index (χ3v) is 5.41. The number of carbonyl (C=O) groups is 1. The topological polar surface area (TPSA) is 103 Å². The van der Waals surface area contributed by atoms with Crippen molar-refractivity contribution in [1.29, 1.82) is 0 Å². The number of carbonyl (C=O) groups excluding carboxylic acids is 1. The second-order valence-corrected chi connectivity index (χ2v) is 7.62. The summed E-state index contributed by atoms with van der Waals surface area (Å²) < 4.78 is 3.80. The van der Waals surface area contributed by atoms with E-state index in [0.29, 0.717) is 22.6 Å². The van der Waals surface area contributed by atoms with Crippen molar-refractivity contribution in [2.75, 3.05) is 5.32 Å². The van der Waals surface area contributed by atoms with Crippen molar-refractivity contribution in [1.82, 2.24) is 34.7 Å². The van der Waals surface area contributed by atoms with Gasteiger partial charge in [-0.3, -0.25) is 4.79 Å². The number of anilines is 1. The number of hydrogen-bond acceptors (Lipinski definition) is 6. The summed E-state index contributed by atoms with van der Waals surface area (Å²) in [7, 11) is 0. The molecule has 4 aromatic rings. The maximum Gasteiger partial charge on any atom is 0.258 e. The number of benzene rings is 1. The van der Waals surface area contributed by atoms with E-state index >= 15 is 0 Å². The molecular weight excluding hydrogens is 380 g/mol. The molecule has 0 fully saturated rings. The van der Waals surface area contributed by atoms with Gasteiger partial charge in [0.05, 0.1) is 11.3 Å². The lowest BCUT2D eigenvalue weighted by Gasteiger charge is -2.09. The monoisotopic (exact) mass is 402 g/mol. The van der Waals surface area contributed by atoms with Crippen LogP contribution in [-0.4, -0.2) is 40.6 Å². The lowest BCUT2D eigenvalue weighted by atomic mass is 10.1. The summed E-state index contributed by atoms with van der Waals surface area (Å²) in [6, 6.07) is 9.24. The Kier molecular flexibility index (Phi) is 4.50. The van der Waals surface area contributed by atoms with Crippen molar-refractivity contribution < 1.29 is 4.79 Å². The average molecular weight is 402 g/mol. The first-order chi connectivity index (χ1) is 14.6. The molecule has 1 aliphatic rings. The predicted molar refractivity (Wildman–Crippen MR) is 112 cm³/mol. The van der Waals surface area contributed by atoms with Crippen LogP contribution in [0.15, 0.2) is 30.3 Å². The van der Waals surface area contributed by atoms with Gasteiger partial charge in [-0.15, -0.1) is 5.10 Å². The Bertz CT molecular complexity index is 1260. The van der Waals surface area contributed by atoms with Gasteiger partial charge >= 0.3 is 0 Å². The molecule has 0 bridgehead atoms. The van der Waals surface area contributed by atoms with E-state index in [1.54, 1.807) is 10.7 Å². The van der Waals surface area contributed by atoms with Crippen molar-refractivity contribution in [2.24, 2.45) is 0 Å². The first kappa shape index (κ1) is 18.4. The van der Waals surface area contributed by atoms with Gasteiger partial charge in [0.25, 0.3) is 5.91 Å². The summed E-state index contributed by atoms with van der Waals surface area (Å²) in [5.74, 6) is 1.49. The molecule has 9 heteroatoms. The summed E-state index contributed by atoms with van der Waals surface area (Å²) in [6.45, 7) is 4.63. The molecule has 152 valence electrons. The van der Waals surface area contributed by atoms with Gasteiger partial charge in [-0.2, -0.15) is 4.68 Å². The minimum Gasteiger partial charge on any atom is -0.322 e. The van der Waals surface area contributed by atoms with Gasteiger partial charge < -0.3 is 9.88 Å². The van der Waals surface area contributed by atoms with Crippen molar-refractivity contribution in [2.45, 2.75) is 46.1 Å². The molecular formula is C21H22N8O. The summed E-state index contributed by atoms with van der Waals surface area (Å²) in [4.78, 5) is 22.7. The minimum absolute atomic E-state index is 0.204. The van der Waals surface area contributed by atoms with Gasteiger partial charge in [-0.05, 0) is 61.4 Å². The van der Waals surface area contributed by atoms with Crippen LogP contribution in [0, 0.1) is 13.8 Å². The molecule has 0 atom stereocenters. The van der Waals surface area contributed by atoms with Crippen LogP contribution in [-0.2, 0) is 13.0 Å². The Morgan fingerprint density at radius 2 is 2.00 bits per heavy atom. The maximum absolute atomic E-state index is 13.2.